The molecule has 20 heavy (non-hydrogen) atoms. The molecule has 0 spiro atoms. The van der Waals surface area contributed by atoms with Gasteiger partial charge < -0.3 is 5.73 Å². The lowest BCUT2D eigenvalue weighted by molar-refractivity contribution is 0.246. The van der Waals surface area contributed by atoms with Gasteiger partial charge in [-0.05, 0) is 47.4 Å². The van der Waals surface area contributed by atoms with Crippen molar-refractivity contribution in [3.05, 3.63) is 63.1 Å². The zero-order valence-corrected chi connectivity index (χ0v) is 12.6. The molecule has 2 aromatic carbocycles. The molecule has 2 aromatic rings. The number of hydrogen-bond donors (Lipinski definition) is 1. The highest BCUT2D eigenvalue weighted by Gasteiger charge is 2.18. The van der Waals surface area contributed by atoms with E-state index in [1.165, 1.54) is 11.1 Å². The van der Waals surface area contributed by atoms with E-state index in [1.54, 1.807) is 6.07 Å². The zero-order valence-electron chi connectivity index (χ0n) is 11.1. The lowest BCUT2D eigenvalue weighted by atomic mass is 9.97. The maximum absolute atomic E-state index is 6.05. The SMILES string of the molecule is Nc1cccc2c1CCN(Cc1cc(Cl)cc(Cl)c1)C2. The molecule has 0 saturated heterocycles. The maximum atomic E-state index is 6.05. The van der Waals surface area contributed by atoms with Crippen molar-refractivity contribution in [1.82, 2.24) is 4.90 Å². The number of nitrogens with zero attached hydrogens (tertiary/aromatic N) is 1. The fraction of sp³-hybridized carbons (Fsp3) is 0.250. The monoisotopic (exact) mass is 306 g/mol. The van der Waals surface area contributed by atoms with Crippen molar-refractivity contribution >= 4 is 28.9 Å². The van der Waals surface area contributed by atoms with E-state index >= 15 is 0 Å². The number of rotatable bonds is 2. The van der Waals surface area contributed by atoms with Gasteiger partial charge >= 0.3 is 0 Å². The molecular weight excluding hydrogens is 291 g/mol. The first kappa shape index (κ1) is 13.7. The molecule has 0 bridgehead atoms. The first-order valence-electron chi connectivity index (χ1n) is 6.65. The Morgan fingerprint density at radius 2 is 1.85 bits per heavy atom. The Kier molecular flexibility index (Phi) is 3.88. The lowest BCUT2D eigenvalue weighted by Gasteiger charge is -2.29. The molecule has 0 aliphatic carbocycles. The molecule has 0 aromatic heterocycles. The summed E-state index contributed by atoms with van der Waals surface area (Å²) in [4.78, 5) is 2.39. The van der Waals surface area contributed by atoms with E-state index in [4.69, 9.17) is 28.9 Å². The van der Waals surface area contributed by atoms with Gasteiger partial charge in [0.05, 0.1) is 0 Å². The topological polar surface area (TPSA) is 29.3 Å². The van der Waals surface area contributed by atoms with Crippen LogP contribution in [0.3, 0.4) is 0 Å². The second-order valence-electron chi connectivity index (χ2n) is 5.22. The third kappa shape index (κ3) is 2.93. The third-order valence-corrected chi connectivity index (χ3v) is 4.15. The number of hydrogen-bond acceptors (Lipinski definition) is 2. The molecule has 1 aliphatic rings. The summed E-state index contributed by atoms with van der Waals surface area (Å²) in [7, 11) is 0. The van der Waals surface area contributed by atoms with Gasteiger partial charge in [-0.2, -0.15) is 0 Å². The number of anilines is 1. The van der Waals surface area contributed by atoms with Crippen LogP contribution in [0.1, 0.15) is 16.7 Å². The highest BCUT2D eigenvalue weighted by atomic mass is 35.5. The van der Waals surface area contributed by atoms with Crippen LogP contribution in [-0.4, -0.2) is 11.4 Å². The van der Waals surface area contributed by atoms with Crippen molar-refractivity contribution < 1.29 is 0 Å². The van der Waals surface area contributed by atoms with Gasteiger partial charge in [-0.1, -0.05) is 35.3 Å². The summed E-state index contributed by atoms with van der Waals surface area (Å²) in [6.07, 6.45) is 0.996. The Bertz CT molecular complexity index is 620. The van der Waals surface area contributed by atoms with Gasteiger partial charge in [-0.3, -0.25) is 4.90 Å². The Labute approximate surface area is 129 Å². The first-order chi connectivity index (χ1) is 9.61. The van der Waals surface area contributed by atoms with E-state index in [-0.39, 0.29) is 0 Å². The molecule has 1 heterocycles. The molecule has 2 N–H and O–H groups in total. The van der Waals surface area contributed by atoms with Gasteiger partial charge in [0.15, 0.2) is 0 Å². The van der Waals surface area contributed by atoms with Crippen LogP contribution in [0, 0.1) is 0 Å². The van der Waals surface area contributed by atoms with Gasteiger partial charge in [-0.25, -0.2) is 0 Å². The van der Waals surface area contributed by atoms with Gasteiger partial charge in [0, 0.05) is 35.4 Å². The van der Waals surface area contributed by atoms with Crippen molar-refractivity contribution in [3.63, 3.8) is 0 Å². The summed E-state index contributed by atoms with van der Waals surface area (Å²) in [6, 6.07) is 11.9. The molecule has 104 valence electrons. The highest BCUT2D eigenvalue weighted by Crippen LogP contribution is 2.26. The van der Waals surface area contributed by atoms with E-state index < -0.39 is 0 Å². The Morgan fingerprint density at radius 1 is 1.10 bits per heavy atom. The molecule has 1 aliphatic heterocycles. The molecule has 3 rings (SSSR count). The van der Waals surface area contributed by atoms with Crippen molar-refractivity contribution in [2.45, 2.75) is 19.5 Å². The van der Waals surface area contributed by atoms with E-state index in [0.717, 1.165) is 37.3 Å². The van der Waals surface area contributed by atoms with Crippen LogP contribution in [-0.2, 0) is 19.5 Å². The lowest BCUT2D eigenvalue weighted by Crippen LogP contribution is -2.30. The van der Waals surface area contributed by atoms with Gasteiger partial charge in [0.2, 0.25) is 0 Å². The molecule has 0 saturated carbocycles. The maximum Gasteiger partial charge on any atom is 0.0424 e. The van der Waals surface area contributed by atoms with Crippen LogP contribution in [0.4, 0.5) is 5.69 Å². The minimum absolute atomic E-state index is 0.689. The van der Waals surface area contributed by atoms with Crippen LogP contribution < -0.4 is 5.73 Å². The third-order valence-electron chi connectivity index (χ3n) is 3.71. The summed E-state index contributed by atoms with van der Waals surface area (Å²) >= 11 is 12.1. The Balaban J connectivity index is 1.77. The van der Waals surface area contributed by atoms with E-state index in [9.17, 15) is 0 Å². The normalized spacial score (nSPS) is 15.1. The van der Waals surface area contributed by atoms with Gasteiger partial charge in [-0.15, -0.1) is 0 Å². The smallest absolute Gasteiger partial charge is 0.0424 e. The van der Waals surface area contributed by atoms with Crippen molar-refractivity contribution in [2.75, 3.05) is 12.3 Å². The summed E-state index contributed by atoms with van der Waals surface area (Å²) in [5.41, 5.74) is 10.7. The minimum atomic E-state index is 0.689. The molecule has 0 unspecified atom stereocenters. The number of fused-ring (bicyclic) bond motifs is 1. The minimum Gasteiger partial charge on any atom is -0.398 e. The quantitative estimate of drug-likeness (QED) is 0.845. The van der Waals surface area contributed by atoms with Crippen LogP contribution in [0.2, 0.25) is 10.0 Å². The average Bonchev–Trinajstić information content (AvgIpc) is 2.37. The van der Waals surface area contributed by atoms with Gasteiger partial charge in [0.1, 0.15) is 0 Å². The van der Waals surface area contributed by atoms with Crippen molar-refractivity contribution in [2.24, 2.45) is 0 Å². The Morgan fingerprint density at radius 3 is 2.60 bits per heavy atom. The van der Waals surface area contributed by atoms with Crippen molar-refractivity contribution in [3.8, 4) is 0 Å². The standard InChI is InChI=1S/C16H16Cl2N2/c17-13-6-11(7-14(18)8-13)9-20-5-4-15-12(10-20)2-1-3-16(15)19/h1-3,6-8H,4-5,9-10,19H2. The zero-order chi connectivity index (χ0) is 14.1. The van der Waals surface area contributed by atoms with Crippen molar-refractivity contribution in [1.29, 1.82) is 0 Å². The molecular formula is C16H16Cl2N2. The second-order valence-corrected chi connectivity index (χ2v) is 6.10. The molecule has 0 amide bonds. The Hall–Kier alpha value is -1.22. The molecule has 0 fully saturated rings. The summed E-state index contributed by atoms with van der Waals surface area (Å²) in [6.45, 7) is 2.78. The van der Waals surface area contributed by atoms with E-state index in [0.29, 0.717) is 10.0 Å². The fourth-order valence-corrected chi connectivity index (χ4v) is 3.36. The van der Waals surface area contributed by atoms with E-state index in [1.807, 2.05) is 24.3 Å². The first-order valence-corrected chi connectivity index (χ1v) is 7.41. The predicted molar refractivity (Wildman–Crippen MR) is 85.1 cm³/mol. The molecule has 2 nitrogen and oxygen atoms in total. The molecule has 4 heteroatoms. The largest absolute Gasteiger partial charge is 0.398 e. The average molecular weight is 307 g/mol. The summed E-state index contributed by atoms with van der Waals surface area (Å²) < 4.78 is 0. The second kappa shape index (κ2) is 5.65. The highest BCUT2D eigenvalue weighted by molar-refractivity contribution is 6.34. The summed E-state index contributed by atoms with van der Waals surface area (Å²) in [5, 5.41) is 1.38. The van der Waals surface area contributed by atoms with Crippen LogP contribution in [0.15, 0.2) is 36.4 Å². The van der Waals surface area contributed by atoms with Crippen LogP contribution >= 0.6 is 23.2 Å². The van der Waals surface area contributed by atoms with E-state index in [2.05, 4.69) is 11.0 Å². The van der Waals surface area contributed by atoms with Gasteiger partial charge in [0.25, 0.3) is 0 Å². The fourth-order valence-electron chi connectivity index (χ4n) is 2.79. The number of nitrogen functional groups attached to an aromatic ring is 1. The molecule has 0 radical (unpaired) electrons. The predicted octanol–water partition coefficient (Wildman–Crippen LogP) is 4.13. The number of halogens is 2. The number of nitrogens with two attached hydrogens (primary N) is 1. The summed E-state index contributed by atoms with van der Waals surface area (Å²) in [5.74, 6) is 0. The molecule has 0 atom stereocenters. The number of benzene rings is 2. The van der Waals surface area contributed by atoms with Crippen LogP contribution in [0.25, 0.3) is 0 Å². The van der Waals surface area contributed by atoms with Crippen LogP contribution in [0.5, 0.6) is 0 Å².